The van der Waals surface area contributed by atoms with Crippen molar-refractivity contribution in [2.24, 2.45) is 35.0 Å². The number of terminal acetylenes is 2. The highest BCUT2D eigenvalue weighted by Crippen LogP contribution is 2.67. The third-order valence-electron chi connectivity index (χ3n) is 9.47. The van der Waals surface area contributed by atoms with Gasteiger partial charge in [-0.25, -0.2) is 0 Å². The summed E-state index contributed by atoms with van der Waals surface area (Å²) in [5, 5.41) is 0. The molecule has 0 aromatic heterocycles. The molecule has 0 radical (unpaired) electrons. The molecule has 4 aliphatic rings. The standard InChI is InChI=1S/C27H36O4.H2/c1-6-23(28)30-26(8-3)16-18-10-11-20-19(21(18)17-26)12-14-25(5)22(20)13-15-27(25,9-4)31-24(29)7-2;/h3-4,18-22H,6-7,10-17H2,1-2,5H3;1H/t18-,19-,20+,21-,22-,25-,26-,27-;/m0./s1. The zero-order valence-electron chi connectivity index (χ0n) is 19.2. The first-order valence-corrected chi connectivity index (χ1v) is 12.2. The van der Waals surface area contributed by atoms with E-state index >= 15 is 0 Å². The molecule has 4 saturated carbocycles. The second kappa shape index (κ2) is 7.88. The molecular formula is C27H38O4. The van der Waals surface area contributed by atoms with Crippen LogP contribution in [0.3, 0.4) is 0 Å². The lowest BCUT2D eigenvalue weighted by Gasteiger charge is -2.54. The minimum absolute atomic E-state index is 0. The van der Waals surface area contributed by atoms with E-state index in [0.717, 1.165) is 51.4 Å². The SMILES string of the molecule is C#C[C@]1(OC(=O)CC)C[C@@H]2CC[C@@H]3[C@H](CC[C@@]4(C)[C@H]3CC[C@]4(C#C)OC(=O)CC)[C@H]2C1.[HH]. The molecule has 0 heterocycles. The van der Waals surface area contributed by atoms with Crippen LogP contribution in [0, 0.1) is 59.7 Å². The summed E-state index contributed by atoms with van der Waals surface area (Å²) in [7, 11) is 0. The molecule has 0 amide bonds. The van der Waals surface area contributed by atoms with Gasteiger partial charge in [-0.15, -0.1) is 12.8 Å². The monoisotopic (exact) mass is 426 g/mol. The van der Waals surface area contributed by atoms with Gasteiger partial charge in [-0.2, -0.15) is 0 Å². The summed E-state index contributed by atoms with van der Waals surface area (Å²) in [6.45, 7) is 5.90. The number of hydrogen-bond acceptors (Lipinski definition) is 4. The van der Waals surface area contributed by atoms with Gasteiger partial charge in [0.15, 0.2) is 11.2 Å². The fraction of sp³-hybridized carbons (Fsp3) is 0.778. The van der Waals surface area contributed by atoms with Gasteiger partial charge >= 0.3 is 11.9 Å². The van der Waals surface area contributed by atoms with E-state index in [2.05, 4.69) is 18.8 Å². The molecule has 4 heteroatoms. The number of ether oxygens (including phenoxy) is 2. The molecule has 4 aliphatic carbocycles. The average Bonchev–Trinajstić information content (AvgIpc) is 3.29. The van der Waals surface area contributed by atoms with Gasteiger partial charge in [0, 0.05) is 32.5 Å². The van der Waals surface area contributed by atoms with Crippen LogP contribution in [0.5, 0.6) is 0 Å². The van der Waals surface area contributed by atoms with Gasteiger partial charge in [-0.05, 0) is 68.1 Å². The van der Waals surface area contributed by atoms with Crippen molar-refractivity contribution in [1.82, 2.24) is 0 Å². The lowest BCUT2D eigenvalue weighted by atomic mass is 9.51. The van der Waals surface area contributed by atoms with Crippen LogP contribution in [0.1, 0.15) is 86.4 Å². The van der Waals surface area contributed by atoms with Crippen LogP contribution in [0.2, 0.25) is 0 Å². The Morgan fingerprint density at radius 1 is 0.903 bits per heavy atom. The van der Waals surface area contributed by atoms with Crippen molar-refractivity contribution in [2.45, 2.75) is 96.2 Å². The molecule has 0 spiro atoms. The lowest BCUT2D eigenvalue weighted by molar-refractivity contribution is -0.171. The Hall–Kier alpha value is -1.94. The summed E-state index contributed by atoms with van der Waals surface area (Å²) >= 11 is 0. The van der Waals surface area contributed by atoms with Crippen LogP contribution in [0.15, 0.2) is 0 Å². The maximum absolute atomic E-state index is 12.2. The maximum Gasteiger partial charge on any atom is 0.307 e. The number of hydrogen-bond donors (Lipinski definition) is 0. The van der Waals surface area contributed by atoms with Crippen molar-refractivity contribution in [3.8, 4) is 24.7 Å². The number of carbonyl (C=O) groups excluding carboxylic acids is 2. The Bertz CT molecular complexity index is 840. The van der Waals surface area contributed by atoms with E-state index in [1.165, 1.54) is 0 Å². The smallest absolute Gasteiger partial charge is 0.307 e. The van der Waals surface area contributed by atoms with Crippen molar-refractivity contribution in [2.75, 3.05) is 0 Å². The second-order valence-electron chi connectivity index (χ2n) is 10.6. The first-order chi connectivity index (χ1) is 14.8. The molecular weight excluding hydrogens is 388 g/mol. The van der Waals surface area contributed by atoms with Crippen LogP contribution in [0.25, 0.3) is 0 Å². The van der Waals surface area contributed by atoms with Crippen LogP contribution in [-0.4, -0.2) is 23.1 Å². The maximum atomic E-state index is 12.2. The third-order valence-corrected chi connectivity index (χ3v) is 9.47. The largest absolute Gasteiger partial charge is 0.446 e. The van der Waals surface area contributed by atoms with Crippen LogP contribution >= 0.6 is 0 Å². The Labute approximate surface area is 188 Å². The zero-order valence-corrected chi connectivity index (χ0v) is 19.2. The molecule has 0 bridgehead atoms. The number of fused-ring (bicyclic) bond motifs is 5. The number of rotatable bonds is 4. The Morgan fingerprint density at radius 3 is 2.26 bits per heavy atom. The predicted octanol–water partition coefficient (Wildman–Crippen LogP) is 5.15. The minimum Gasteiger partial charge on any atom is -0.446 e. The molecule has 0 N–H and O–H groups in total. The van der Waals surface area contributed by atoms with Gasteiger partial charge in [-0.3, -0.25) is 9.59 Å². The van der Waals surface area contributed by atoms with Crippen LogP contribution in [-0.2, 0) is 19.1 Å². The molecule has 0 saturated heterocycles. The summed E-state index contributed by atoms with van der Waals surface area (Å²) in [5.74, 6) is 8.08. The molecule has 4 rings (SSSR count). The highest BCUT2D eigenvalue weighted by Gasteiger charge is 2.65. The predicted molar refractivity (Wildman–Crippen MR) is 121 cm³/mol. The van der Waals surface area contributed by atoms with Gasteiger partial charge < -0.3 is 9.47 Å². The van der Waals surface area contributed by atoms with E-state index in [1.807, 2.05) is 13.8 Å². The molecule has 170 valence electrons. The first-order valence-electron chi connectivity index (χ1n) is 12.2. The quantitative estimate of drug-likeness (QED) is 0.461. The molecule has 4 fully saturated rings. The lowest BCUT2D eigenvalue weighted by Crippen LogP contribution is -2.53. The summed E-state index contributed by atoms with van der Waals surface area (Å²) in [4.78, 5) is 24.3. The fourth-order valence-electron chi connectivity index (χ4n) is 7.91. The average molecular weight is 427 g/mol. The molecule has 8 atom stereocenters. The fourth-order valence-corrected chi connectivity index (χ4v) is 7.91. The summed E-state index contributed by atoms with van der Waals surface area (Å²) in [6.07, 6.45) is 20.4. The van der Waals surface area contributed by atoms with Crippen molar-refractivity contribution in [3.63, 3.8) is 0 Å². The van der Waals surface area contributed by atoms with Gasteiger partial charge in [0.25, 0.3) is 0 Å². The zero-order chi connectivity index (χ0) is 22.4. The number of esters is 2. The summed E-state index contributed by atoms with van der Waals surface area (Å²) in [6, 6.07) is 0. The minimum atomic E-state index is -0.776. The van der Waals surface area contributed by atoms with E-state index < -0.39 is 11.2 Å². The molecule has 0 aromatic rings. The summed E-state index contributed by atoms with van der Waals surface area (Å²) in [5.41, 5.74) is -1.68. The molecule has 31 heavy (non-hydrogen) atoms. The highest BCUT2D eigenvalue weighted by molar-refractivity contribution is 5.70. The Balaban J connectivity index is 0.00000289. The Kier molecular flexibility index (Phi) is 5.66. The van der Waals surface area contributed by atoms with Gasteiger partial charge in [0.2, 0.25) is 0 Å². The van der Waals surface area contributed by atoms with E-state index in [0.29, 0.717) is 42.4 Å². The summed E-state index contributed by atoms with van der Waals surface area (Å²) < 4.78 is 11.8. The normalized spacial score (nSPS) is 45.4. The second-order valence-corrected chi connectivity index (χ2v) is 10.6. The van der Waals surface area contributed by atoms with E-state index in [4.69, 9.17) is 22.3 Å². The van der Waals surface area contributed by atoms with Gasteiger partial charge in [-0.1, -0.05) is 32.6 Å². The third kappa shape index (κ3) is 3.29. The molecule has 0 aliphatic heterocycles. The van der Waals surface area contributed by atoms with Gasteiger partial charge in [0.05, 0.1) is 0 Å². The van der Waals surface area contributed by atoms with Crippen molar-refractivity contribution >= 4 is 11.9 Å². The van der Waals surface area contributed by atoms with E-state index in [1.54, 1.807) is 0 Å². The van der Waals surface area contributed by atoms with Crippen LogP contribution < -0.4 is 0 Å². The van der Waals surface area contributed by atoms with Crippen LogP contribution in [0.4, 0.5) is 0 Å². The Morgan fingerprint density at radius 2 is 1.61 bits per heavy atom. The molecule has 0 unspecified atom stereocenters. The van der Waals surface area contributed by atoms with Gasteiger partial charge in [0.1, 0.15) is 0 Å². The molecule has 0 aromatic carbocycles. The topological polar surface area (TPSA) is 52.6 Å². The highest BCUT2D eigenvalue weighted by atomic mass is 16.6. The van der Waals surface area contributed by atoms with Crippen molar-refractivity contribution in [3.05, 3.63) is 0 Å². The number of carbonyl (C=O) groups is 2. The van der Waals surface area contributed by atoms with Crippen molar-refractivity contribution in [1.29, 1.82) is 0 Å². The first kappa shape index (κ1) is 22.3. The molecule has 4 nitrogen and oxygen atoms in total. The van der Waals surface area contributed by atoms with E-state index in [9.17, 15) is 9.59 Å². The van der Waals surface area contributed by atoms with E-state index in [-0.39, 0.29) is 18.8 Å². The van der Waals surface area contributed by atoms with Crippen molar-refractivity contribution < 1.29 is 20.5 Å².